The third-order valence-corrected chi connectivity index (χ3v) is 7.62. The summed E-state index contributed by atoms with van der Waals surface area (Å²) >= 11 is 0. The molecule has 0 radical (unpaired) electrons. The van der Waals surface area contributed by atoms with Crippen molar-refractivity contribution in [1.29, 1.82) is 0 Å². The Morgan fingerprint density at radius 3 is 2.50 bits per heavy atom. The monoisotopic (exact) mass is 408 g/mol. The van der Waals surface area contributed by atoms with E-state index in [4.69, 9.17) is 0 Å². The van der Waals surface area contributed by atoms with Gasteiger partial charge in [-0.3, -0.25) is 0 Å². The second-order valence-electron chi connectivity index (χ2n) is 8.16. The molecule has 0 saturated carbocycles. The first-order valence-electron chi connectivity index (χ1n) is 10.0. The molecule has 0 spiro atoms. The summed E-state index contributed by atoms with van der Waals surface area (Å²) in [7, 11) is 1.26. The molecule has 1 aromatic rings. The van der Waals surface area contributed by atoms with Crippen LogP contribution in [0, 0.1) is 0 Å². The van der Waals surface area contributed by atoms with Gasteiger partial charge in [-0.1, -0.05) is 30.3 Å². The van der Waals surface area contributed by atoms with E-state index in [1.54, 1.807) is 0 Å². The van der Waals surface area contributed by atoms with Crippen molar-refractivity contribution in [3.05, 3.63) is 35.9 Å². The SMILES string of the molecule is CN1CCC(N(C)C[C@H](NC(=O)N[C@@H]2CCS(=O)(=O)C2)c2ccccc2)CC1. The third-order valence-electron chi connectivity index (χ3n) is 5.86. The number of hydrogen-bond donors (Lipinski definition) is 2. The van der Waals surface area contributed by atoms with E-state index in [0.717, 1.165) is 38.0 Å². The molecule has 2 amide bonds. The first-order chi connectivity index (χ1) is 13.3. The van der Waals surface area contributed by atoms with Gasteiger partial charge >= 0.3 is 6.03 Å². The second-order valence-corrected chi connectivity index (χ2v) is 10.4. The quantitative estimate of drug-likeness (QED) is 0.740. The molecule has 8 heteroatoms. The molecule has 0 aliphatic carbocycles. The van der Waals surface area contributed by atoms with Gasteiger partial charge in [0.2, 0.25) is 0 Å². The fraction of sp³-hybridized carbons (Fsp3) is 0.650. The van der Waals surface area contributed by atoms with Crippen LogP contribution in [-0.2, 0) is 9.84 Å². The first kappa shape index (κ1) is 21.1. The summed E-state index contributed by atoms with van der Waals surface area (Å²) in [6.45, 7) is 2.90. The normalized spacial score (nSPS) is 24.2. The van der Waals surface area contributed by atoms with Gasteiger partial charge in [0.25, 0.3) is 0 Å². The fourth-order valence-corrected chi connectivity index (χ4v) is 5.76. The number of hydrogen-bond acceptors (Lipinski definition) is 5. The van der Waals surface area contributed by atoms with Gasteiger partial charge < -0.3 is 20.4 Å². The van der Waals surface area contributed by atoms with Crippen molar-refractivity contribution in [2.45, 2.75) is 37.4 Å². The van der Waals surface area contributed by atoms with Crippen LogP contribution >= 0.6 is 0 Å². The molecule has 7 nitrogen and oxygen atoms in total. The highest BCUT2D eigenvalue weighted by atomic mass is 32.2. The van der Waals surface area contributed by atoms with Gasteiger partial charge in [0.05, 0.1) is 17.5 Å². The molecular formula is C20H32N4O3S. The minimum absolute atomic E-state index is 0.0336. The lowest BCUT2D eigenvalue weighted by Gasteiger charge is -2.37. The highest BCUT2D eigenvalue weighted by molar-refractivity contribution is 7.91. The molecule has 2 aliphatic heterocycles. The molecule has 2 N–H and O–H groups in total. The van der Waals surface area contributed by atoms with E-state index in [2.05, 4.69) is 34.5 Å². The van der Waals surface area contributed by atoms with E-state index in [-0.39, 0.29) is 29.6 Å². The highest BCUT2D eigenvalue weighted by Gasteiger charge is 2.30. The number of rotatable bonds is 6. The summed E-state index contributed by atoms with van der Waals surface area (Å²) in [4.78, 5) is 17.2. The van der Waals surface area contributed by atoms with Crippen LogP contribution in [0.3, 0.4) is 0 Å². The van der Waals surface area contributed by atoms with Crippen LogP contribution in [0.15, 0.2) is 30.3 Å². The molecule has 2 heterocycles. The number of nitrogens with zero attached hydrogens (tertiary/aromatic N) is 2. The van der Waals surface area contributed by atoms with E-state index < -0.39 is 9.84 Å². The predicted molar refractivity (Wildman–Crippen MR) is 111 cm³/mol. The van der Waals surface area contributed by atoms with Crippen molar-refractivity contribution in [1.82, 2.24) is 20.4 Å². The third kappa shape index (κ3) is 5.93. The molecule has 2 aliphatic rings. The summed E-state index contributed by atoms with van der Waals surface area (Å²) in [6, 6.07) is 9.71. The maximum Gasteiger partial charge on any atom is 0.315 e. The van der Waals surface area contributed by atoms with Gasteiger partial charge in [-0.2, -0.15) is 0 Å². The summed E-state index contributed by atoms with van der Waals surface area (Å²) in [5, 5.41) is 5.91. The van der Waals surface area contributed by atoms with E-state index in [1.807, 2.05) is 30.3 Å². The number of amides is 2. The number of urea groups is 1. The van der Waals surface area contributed by atoms with Crippen molar-refractivity contribution in [3.63, 3.8) is 0 Å². The van der Waals surface area contributed by atoms with Crippen LogP contribution in [0.1, 0.15) is 30.9 Å². The standard InChI is InChI=1S/C20H32N4O3S/c1-23-11-8-18(9-12-23)24(2)14-19(16-6-4-3-5-7-16)22-20(25)21-17-10-13-28(26,27)15-17/h3-7,17-19H,8-15H2,1-2H3,(H2,21,22,25)/t17-,19+/m1/s1. The lowest BCUT2D eigenvalue weighted by atomic mass is 10.0. The number of carbonyl (C=O) groups is 1. The molecule has 28 heavy (non-hydrogen) atoms. The Balaban J connectivity index is 1.61. The van der Waals surface area contributed by atoms with Crippen LogP contribution in [0.2, 0.25) is 0 Å². The lowest BCUT2D eigenvalue weighted by molar-refractivity contribution is 0.134. The predicted octanol–water partition coefficient (Wildman–Crippen LogP) is 1.24. The fourth-order valence-electron chi connectivity index (χ4n) is 4.09. The molecule has 3 rings (SSSR count). The van der Waals surface area contributed by atoms with Crippen LogP contribution in [0.25, 0.3) is 0 Å². The second kappa shape index (κ2) is 9.24. The number of sulfone groups is 1. The molecule has 0 bridgehead atoms. The van der Waals surface area contributed by atoms with Gasteiger partial charge in [-0.25, -0.2) is 13.2 Å². The Morgan fingerprint density at radius 2 is 1.89 bits per heavy atom. The summed E-state index contributed by atoms with van der Waals surface area (Å²) in [5.74, 6) is 0.185. The maximum atomic E-state index is 12.6. The Bertz CT molecular complexity index is 748. The van der Waals surface area contributed by atoms with Gasteiger partial charge in [-0.15, -0.1) is 0 Å². The van der Waals surface area contributed by atoms with Crippen LogP contribution < -0.4 is 10.6 Å². The van der Waals surface area contributed by atoms with Gasteiger partial charge in [0.15, 0.2) is 9.84 Å². The van der Waals surface area contributed by atoms with Crippen molar-refractivity contribution in [2.24, 2.45) is 0 Å². The van der Waals surface area contributed by atoms with E-state index >= 15 is 0 Å². The lowest BCUT2D eigenvalue weighted by Crippen LogP contribution is -2.48. The molecule has 2 saturated heterocycles. The Kier molecular flexibility index (Phi) is 6.95. The molecule has 0 aromatic heterocycles. The summed E-state index contributed by atoms with van der Waals surface area (Å²) < 4.78 is 23.3. The number of carbonyl (C=O) groups excluding carboxylic acids is 1. The van der Waals surface area contributed by atoms with Crippen molar-refractivity contribution in [3.8, 4) is 0 Å². The highest BCUT2D eigenvalue weighted by Crippen LogP contribution is 2.20. The molecule has 2 atom stereocenters. The molecular weight excluding hydrogens is 376 g/mol. The van der Waals surface area contributed by atoms with Crippen molar-refractivity contribution >= 4 is 15.9 Å². The maximum absolute atomic E-state index is 12.6. The Morgan fingerprint density at radius 1 is 1.21 bits per heavy atom. The van der Waals surface area contributed by atoms with Crippen molar-refractivity contribution < 1.29 is 13.2 Å². The molecule has 1 aromatic carbocycles. The first-order valence-corrected chi connectivity index (χ1v) is 11.9. The number of piperidine rings is 1. The van der Waals surface area contributed by atoms with Crippen molar-refractivity contribution in [2.75, 3.05) is 45.2 Å². The van der Waals surface area contributed by atoms with Gasteiger partial charge in [0.1, 0.15) is 0 Å². The van der Waals surface area contributed by atoms with Crippen LogP contribution in [0.4, 0.5) is 4.79 Å². The zero-order valence-corrected chi connectivity index (χ0v) is 17.6. The zero-order valence-electron chi connectivity index (χ0n) is 16.8. The largest absolute Gasteiger partial charge is 0.334 e. The Hall–Kier alpha value is -1.64. The van der Waals surface area contributed by atoms with Crippen LogP contribution in [-0.4, -0.2) is 81.6 Å². The zero-order chi connectivity index (χ0) is 20.1. The smallest absolute Gasteiger partial charge is 0.315 e. The number of likely N-dealkylation sites (tertiary alicyclic amines) is 1. The molecule has 156 valence electrons. The Labute approximate surface area is 168 Å². The average molecular weight is 409 g/mol. The average Bonchev–Trinajstić information content (AvgIpc) is 3.00. The van der Waals surface area contributed by atoms with E-state index in [1.165, 1.54) is 0 Å². The van der Waals surface area contributed by atoms with Gasteiger partial charge in [0, 0.05) is 18.6 Å². The summed E-state index contributed by atoms with van der Waals surface area (Å²) in [6.07, 6.45) is 2.74. The van der Waals surface area contributed by atoms with Crippen LogP contribution in [0.5, 0.6) is 0 Å². The van der Waals surface area contributed by atoms with Gasteiger partial charge in [-0.05, 0) is 52.0 Å². The topological polar surface area (TPSA) is 81.8 Å². The number of likely N-dealkylation sites (N-methyl/N-ethyl adjacent to an activating group) is 1. The molecule has 0 unspecified atom stereocenters. The molecule has 2 fully saturated rings. The minimum atomic E-state index is -3.01. The van der Waals surface area contributed by atoms with E-state index in [9.17, 15) is 13.2 Å². The number of benzene rings is 1. The summed E-state index contributed by atoms with van der Waals surface area (Å²) in [5.41, 5.74) is 1.05. The van der Waals surface area contributed by atoms with E-state index in [0.29, 0.717) is 12.5 Å². The minimum Gasteiger partial charge on any atom is -0.334 e. The number of nitrogens with one attached hydrogen (secondary N) is 2.